The van der Waals surface area contributed by atoms with E-state index in [0.29, 0.717) is 12.8 Å². The van der Waals surface area contributed by atoms with Gasteiger partial charge < -0.3 is 9.52 Å². The number of rotatable bonds is 5. The van der Waals surface area contributed by atoms with Crippen molar-refractivity contribution in [3.63, 3.8) is 0 Å². The lowest BCUT2D eigenvalue weighted by Crippen LogP contribution is -2.35. The zero-order valence-corrected chi connectivity index (χ0v) is 13.6. The summed E-state index contributed by atoms with van der Waals surface area (Å²) >= 11 is 0. The normalized spacial score (nSPS) is 16.3. The van der Waals surface area contributed by atoms with Crippen LogP contribution in [0.1, 0.15) is 40.1 Å². The number of aryl methyl sites for hydroxylation is 2. The van der Waals surface area contributed by atoms with Crippen LogP contribution < -0.4 is 4.72 Å². The van der Waals surface area contributed by atoms with Gasteiger partial charge in [-0.15, -0.1) is 0 Å². The first-order valence-electron chi connectivity index (χ1n) is 7.19. The van der Waals surface area contributed by atoms with Gasteiger partial charge in [-0.2, -0.15) is 4.72 Å². The SMILES string of the molecule is Cc1ccccc1C1(NS(=O)(=O)c2cc(C)c(C(=O)O)o2)CC1. The standard InChI is InChI=1S/C16H17NO5S/c1-10-5-3-4-6-12(10)16(7-8-16)17-23(20,21)13-9-11(2)14(22-13)15(18)19/h3-6,9,17H,7-8H2,1-2H3,(H,18,19). The van der Waals surface area contributed by atoms with E-state index in [9.17, 15) is 13.2 Å². The minimum Gasteiger partial charge on any atom is -0.475 e. The zero-order chi connectivity index (χ0) is 16.8. The summed E-state index contributed by atoms with van der Waals surface area (Å²) in [5.41, 5.74) is 1.59. The highest BCUT2D eigenvalue weighted by atomic mass is 32.2. The molecule has 0 amide bonds. The van der Waals surface area contributed by atoms with Crippen LogP contribution in [0.25, 0.3) is 0 Å². The summed E-state index contributed by atoms with van der Waals surface area (Å²) in [6.07, 6.45) is 1.39. The Balaban J connectivity index is 1.95. The third-order valence-corrected chi connectivity index (χ3v) is 5.49. The molecule has 1 fully saturated rings. The van der Waals surface area contributed by atoms with Crippen LogP contribution in [0.15, 0.2) is 39.8 Å². The molecular formula is C16H17NO5S. The number of carbonyl (C=O) groups is 1. The predicted octanol–water partition coefficient (Wildman–Crippen LogP) is 2.56. The molecule has 2 aromatic rings. The number of hydrogen-bond donors (Lipinski definition) is 2. The quantitative estimate of drug-likeness (QED) is 0.875. The maximum Gasteiger partial charge on any atom is 0.372 e. The molecule has 2 N–H and O–H groups in total. The summed E-state index contributed by atoms with van der Waals surface area (Å²) in [6, 6.07) is 8.85. The maximum atomic E-state index is 12.6. The van der Waals surface area contributed by atoms with Crippen LogP contribution in [-0.4, -0.2) is 19.5 Å². The van der Waals surface area contributed by atoms with Crippen LogP contribution in [0, 0.1) is 13.8 Å². The van der Waals surface area contributed by atoms with E-state index in [-0.39, 0.29) is 16.4 Å². The Morgan fingerprint density at radius 1 is 1.22 bits per heavy atom. The molecule has 0 radical (unpaired) electrons. The highest BCUT2D eigenvalue weighted by Crippen LogP contribution is 2.47. The fraction of sp³-hybridized carbons (Fsp3) is 0.312. The van der Waals surface area contributed by atoms with Gasteiger partial charge in [-0.25, -0.2) is 13.2 Å². The summed E-state index contributed by atoms with van der Waals surface area (Å²) < 4.78 is 32.8. The fourth-order valence-electron chi connectivity index (χ4n) is 2.77. The number of nitrogens with one attached hydrogen (secondary N) is 1. The molecule has 0 atom stereocenters. The molecule has 1 saturated carbocycles. The fourth-order valence-corrected chi connectivity index (χ4v) is 4.22. The van der Waals surface area contributed by atoms with Crippen LogP contribution in [0.3, 0.4) is 0 Å². The Hall–Kier alpha value is -2.12. The molecular weight excluding hydrogens is 318 g/mol. The maximum absolute atomic E-state index is 12.6. The molecule has 6 nitrogen and oxygen atoms in total. The Labute approximate surface area is 134 Å². The number of carboxylic acids is 1. The average molecular weight is 335 g/mol. The Morgan fingerprint density at radius 2 is 1.87 bits per heavy atom. The van der Waals surface area contributed by atoms with Crippen molar-refractivity contribution in [1.82, 2.24) is 4.72 Å². The van der Waals surface area contributed by atoms with Crippen LogP contribution >= 0.6 is 0 Å². The minimum absolute atomic E-state index is 0.276. The molecule has 0 aliphatic heterocycles. The van der Waals surface area contributed by atoms with Gasteiger partial charge in [0, 0.05) is 11.6 Å². The number of furan rings is 1. The third-order valence-electron chi connectivity index (χ3n) is 4.09. The molecule has 1 aromatic carbocycles. The predicted molar refractivity (Wildman–Crippen MR) is 82.8 cm³/mol. The Kier molecular flexibility index (Phi) is 3.57. The van der Waals surface area contributed by atoms with Gasteiger partial charge in [-0.3, -0.25) is 0 Å². The van der Waals surface area contributed by atoms with Gasteiger partial charge in [-0.05, 0) is 37.8 Å². The molecule has 3 rings (SSSR count). The van der Waals surface area contributed by atoms with E-state index >= 15 is 0 Å². The van der Waals surface area contributed by atoms with E-state index in [1.54, 1.807) is 0 Å². The van der Waals surface area contributed by atoms with Crippen LogP contribution in [-0.2, 0) is 15.6 Å². The van der Waals surface area contributed by atoms with E-state index in [1.807, 2.05) is 31.2 Å². The summed E-state index contributed by atoms with van der Waals surface area (Å²) in [7, 11) is -3.94. The molecule has 0 bridgehead atoms. The van der Waals surface area contributed by atoms with Crippen LogP contribution in [0.5, 0.6) is 0 Å². The van der Waals surface area contributed by atoms with Gasteiger partial charge in [0.05, 0.1) is 5.54 Å². The van der Waals surface area contributed by atoms with Gasteiger partial charge in [0.1, 0.15) is 0 Å². The second-order valence-corrected chi connectivity index (χ2v) is 7.50. The van der Waals surface area contributed by atoms with E-state index in [2.05, 4.69) is 4.72 Å². The molecule has 1 aromatic heterocycles. The van der Waals surface area contributed by atoms with Gasteiger partial charge in [0.25, 0.3) is 10.0 Å². The van der Waals surface area contributed by atoms with Crippen molar-refractivity contribution in [2.24, 2.45) is 0 Å². The van der Waals surface area contributed by atoms with Crippen molar-refractivity contribution >= 4 is 16.0 Å². The largest absolute Gasteiger partial charge is 0.475 e. The van der Waals surface area contributed by atoms with Crippen LogP contribution in [0.2, 0.25) is 0 Å². The molecule has 23 heavy (non-hydrogen) atoms. The van der Waals surface area contributed by atoms with Crippen molar-refractivity contribution in [3.05, 3.63) is 52.8 Å². The molecule has 1 aliphatic rings. The summed E-state index contributed by atoms with van der Waals surface area (Å²) in [4.78, 5) is 11.0. The van der Waals surface area contributed by atoms with Crippen molar-refractivity contribution in [1.29, 1.82) is 0 Å². The summed E-state index contributed by atoms with van der Waals surface area (Å²) in [5, 5.41) is 8.63. The van der Waals surface area contributed by atoms with Gasteiger partial charge in [0.15, 0.2) is 0 Å². The molecule has 7 heteroatoms. The van der Waals surface area contributed by atoms with E-state index in [4.69, 9.17) is 9.52 Å². The zero-order valence-electron chi connectivity index (χ0n) is 12.8. The van der Waals surface area contributed by atoms with Gasteiger partial charge >= 0.3 is 5.97 Å². The lowest BCUT2D eigenvalue weighted by atomic mass is 10.0. The highest BCUT2D eigenvalue weighted by Gasteiger charge is 2.49. The molecule has 0 spiro atoms. The van der Waals surface area contributed by atoms with E-state index in [1.165, 1.54) is 13.0 Å². The van der Waals surface area contributed by atoms with E-state index < -0.39 is 21.5 Å². The van der Waals surface area contributed by atoms with E-state index in [0.717, 1.165) is 11.1 Å². The molecule has 0 unspecified atom stereocenters. The second-order valence-electron chi connectivity index (χ2n) is 5.89. The number of hydrogen-bond acceptors (Lipinski definition) is 4. The average Bonchev–Trinajstić information content (AvgIpc) is 3.10. The minimum atomic E-state index is -3.94. The van der Waals surface area contributed by atoms with Gasteiger partial charge in [-0.1, -0.05) is 24.3 Å². The Bertz CT molecular complexity index is 878. The van der Waals surface area contributed by atoms with Crippen molar-refractivity contribution in [2.45, 2.75) is 37.3 Å². The first kappa shape index (κ1) is 15.8. The monoisotopic (exact) mass is 335 g/mol. The first-order valence-corrected chi connectivity index (χ1v) is 8.67. The number of carboxylic acid groups (broad SMARTS) is 1. The molecule has 1 heterocycles. The number of benzene rings is 1. The lowest BCUT2D eigenvalue weighted by molar-refractivity contribution is 0.0655. The van der Waals surface area contributed by atoms with Crippen LogP contribution in [0.4, 0.5) is 0 Å². The summed E-state index contributed by atoms with van der Waals surface area (Å²) in [6.45, 7) is 3.43. The number of aromatic carboxylic acids is 1. The Morgan fingerprint density at radius 3 is 2.39 bits per heavy atom. The topological polar surface area (TPSA) is 96.6 Å². The van der Waals surface area contributed by atoms with Gasteiger partial charge in [0.2, 0.25) is 10.9 Å². The second kappa shape index (κ2) is 5.21. The third kappa shape index (κ3) is 2.77. The van der Waals surface area contributed by atoms with Crippen molar-refractivity contribution < 1.29 is 22.7 Å². The number of sulfonamides is 1. The highest BCUT2D eigenvalue weighted by molar-refractivity contribution is 7.89. The van der Waals surface area contributed by atoms with Crippen molar-refractivity contribution in [2.75, 3.05) is 0 Å². The molecule has 1 aliphatic carbocycles. The molecule has 122 valence electrons. The smallest absolute Gasteiger partial charge is 0.372 e. The molecule has 0 saturated heterocycles. The lowest BCUT2D eigenvalue weighted by Gasteiger charge is -2.19. The first-order chi connectivity index (χ1) is 10.8. The summed E-state index contributed by atoms with van der Waals surface area (Å²) in [5.74, 6) is -1.64. The van der Waals surface area contributed by atoms with Crippen molar-refractivity contribution in [3.8, 4) is 0 Å².